The van der Waals surface area contributed by atoms with Gasteiger partial charge in [0.2, 0.25) is 0 Å². The van der Waals surface area contributed by atoms with Crippen molar-refractivity contribution in [3.8, 4) is 11.5 Å². The number of fused-ring (bicyclic) bond motifs is 2. The van der Waals surface area contributed by atoms with E-state index in [0.29, 0.717) is 33.9 Å². The van der Waals surface area contributed by atoms with E-state index < -0.39 is 34.9 Å². The minimum Gasteiger partial charge on any atom is -0.445 e. The Bertz CT molecular complexity index is 1810. The number of amides is 2. The molecule has 2 aromatic carbocycles. The number of hydrogen-bond acceptors (Lipinski definition) is 6. The minimum atomic E-state index is -0.769. The highest BCUT2D eigenvalue weighted by Crippen LogP contribution is 2.47. The summed E-state index contributed by atoms with van der Waals surface area (Å²) >= 11 is 0. The molecule has 0 saturated carbocycles. The Labute approximate surface area is 260 Å². The summed E-state index contributed by atoms with van der Waals surface area (Å²) in [5.74, 6) is 0.102. The summed E-state index contributed by atoms with van der Waals surface area (Å²) in [6.07, 6.45) is 2.13. The number of benzene rings is 2. The Morgan fingerprint density at radius 3 is 2.33 bits per heavy atom. The number of aryl methyl sites for hydroxylation is 2. The van der Waals surface area contributed by atoms with Gasteiger partial charge in [-0.2, -0.15) is 5.10 Å². The normalized spacial score (nSPS) is 17.2. The molecule has 2 aromatic heterocycles. The van der Waals surface area contributed by atoms with Crippen LogP contribution in [0.5, 0.6) is 0 Å². The first kappa shape index (κ1) is 30.2. The number of aromatic amines is 1. The van der Waals surface area contributed by atoms with E-state index in [0.717, 1.165) is 5.56 Å². The lowest BCUT2D eigenvalue weighted by Crippen LogP contribution is -2.68. The maximum absolute atomic E-state index is 14.7. The molecule has 6 rings (SSSR count). The van der Waals surface area contributed by atoms with E-state index in [-0.39, 0.29) is 32.1 Å². The molecule has 0 bridgehead atoms. The number of nitrogens with zero attached hydrogens (tertiary/aromatic N) is 5. The number of rotatable bonds is 4. The summed E-state index contributed by atoms with van der Waals surface area (Å²) in [7, 11) is 0. The van der Waals surface area contributed by atoms with Crippen LogP contribution in [0.15, 0.2) is 59.7 Å². The molecule has 1 atom stereocenters. The first-order valence-electron chi connectivity index (χ1n) is 14.9. The lowest BCUT2D eigenvalue weighted by Gasteiger charge is -2.54. The lowest BCUT2D eigenvalue weighted by atomic mass is 9.71. The molecule has 0 aliphatic carbocycles. The SMILES string of the molecule is Cc1cc(-n2nc3c(c2-n2cc[nH]c2=O)[C@H](C)N(C(=O)OCc2ccccc2)CC32CN(C(=O)OC(C)(C)C)C2)cc(C)c1F. The van der Waals surface area contributed by atoms with E-state index >= 15 is 0 Å². The fraction of sp³-hybridized carbons (Fsp3) is 0.394. The Morgan fingerprint density at radius 2 is 1.73 bits per heavy atom. The fourth-order valence-corrected chi connectivity index (χ4v) is 6.25. The zero-order valence-corrected chi connectivity index (χ0v) is 26.3. The predicted octanol–water partition coefficient (Wildman–Crippen LogP) is 5.31. The Morgan fingerprint density at radius 1 is 1.07 bits per heavy atom. The largest absolute Gasteiger partial charge is 0.445 e. The summed E-state index contributed by atoms with van der Waals surface area (Å²) in [6, 6.07) is 12.2. The highest BCUT2D eigenvalue weighted by Gasteiger charge is 2.57. The number of carbonyl (C=O) groups excluding carboxylic acids is 2. The Balaban J connectivity index is 1.48. The molecule has 1 N–H and O–H groups in total. The van der Waals surface area contributed by atoms with Crippen LogP contribution in [0.2, 0.25) is 0 Å². The van der Waals surface area contributed by atoms with E-state index in [1.807, 2.05) is 37.3 Å². The van der Waals surface area contributed by atoms with Gasteiger partial charge < -0.3 is 24.3 Å². The van der Waals surface area contributed by atoms with Crippen molar-refractivity contribution in [1.29, 1.82) is 0 Å². The van der Waals surface area contributed by atoms with Crippen molar-refractivity contribution in [2.24, 2.45) is 0 Å². The number of halogens is 1. The van der Waals surface area contributed by atoms with Gasteiger partial charge in [0.15, 0.2) is 0 Å². The molecule has 2 amide bonds. The molecule has 4 aromatic rings. The van der Waals surface area contributed by atoms with Gasteiger partial charge >= 0.3 is 17.9 Å². The third-order valence-corrected chi connectivity index (χ3v) is 8.38. The van der Waals surface area contributed by atoms with Crippen LogP contribution in [0.3, 0.4) is 0 Å². The van der Waals surface area contributed by atoms with E-state index in [1.54, 1.807) is 67.4 Å². The third kappa shape index (κ3) is 5.38. The van der Waals surface area contributed by atoms with Crippen molar-refractivity contribution in [2.45, 2.75) is 65.2 Å². The molecule has 236 valence electrons. The molecule has 12 heteroatoms. The van der Waals surface area contributed by atoms with Crippen LogP contribution < -0.4 is 5.69 Å². The standard InChI is InChI=1S/C33H37FN6O5/c1-20-14-24(15-21(2)26(20)34)40-28(38-13-12-35-29(38)41)25-22(3)39(31(43)44-16-23-10-8-7-9-11-23)19-33(27(25)36-40)17-37(18-33)30(42)45-32(4,5)6/h7-15,22H,16-19H2,1-6H3,(H,35,41)/t22-/m0/s1. The number of imidazole rings is 1. The van der Waals surface area contributed by atoms with Crippen LogP contribution in [0.4, 0.5) is 14.0 Å². The van der Waals surface area contributed by atoms with Gasteiger partial charge in [0.25, 0.3) is 0 Å². The van der Waals surface area contributed by atoms with Crippen molar-refractivity contribution in [2.75, 3.05) is 19.6 Å². The average Bonchev–Trinajstić information content (AvgIpc) is 3.57. The van der Waals surface area contributed by atoms with Crippen molar-refractivity contribution in [1.82, 2.24) is 29.1 Å². The molecule has 0 unspecified atom stereocenters. The first-order valence-corrected chi connectivity index (χ1v) is 14.9. The molecule has 1 spiro atoms. The molecule has 1 saturated heterocycles. The molecule has 45 heavy (non-hydrogen) atoms. The molecule has 1 fully saturated rings. The van der Waals surface area contributed by atoms with Crippen LogP contribution in [0, 0.1) is 19.7 Å². The van der Waals surface area contributed by atoms with Gasteiger partial charge in [-0.3, -0.25) is 4.57 Å². The van der Waals surface area contributed by atoms with Crippen molar-refractivity contribution in [3.63, 3.8) is 0 Å². The van der Waals surface area contributed by atoms with Crippen molar-refractivity contribution < 1.29 is 23.5 Å². The highest BCUT2D eigenvalue weighted by atomic mass is 19.1. The highest BCUT2D eigenvalue weighted by molar-refractivity contribution is 5.73. The number of aromatic nitrogens is 4. The summed E-state index contributed by atoms with van der Waals surface area (Å²) in [5.41, 5.74) is 1.72. The third-order valence-electron chi connectivity index (χ3n) is 8.38. The van der Waals surface area contributed by atoms with Crippen molar-refractivity contribution >= 4 is 12.2 Å². The summed E-state index contributed by atoms with van der Waals surface area (Å²) < 4.78 is 29.2. The molecule has 0 radical (unpaired) electrons. The molecule has 2 aliphatic heterocycles. The number of nitrogens with one attached hydrogen (secondary N) is 1. The van der Waals surface area contributed by atoms with Gasteiger partial charge in [-0.1, -0.05) is 30.3 Å². The summed E-state index contributed by atoms with van der Waals surface area (Å²) in [4.78, 5) is 45.8. The summed E-state index contributed by atoms with van der Waals surface area (Å²) in [6.45, 7) is 11.4. The predicted molar refractivity (Wildman–Crippen MR) is 164 cm³/mol. The molecule has 2 aliphatic rings. The Hall–Kier alpha value is -4.87. The van der Waals surface area contributed by atoms with Gasteiger partial charge in [0, 0.05) is 37.6 Å². The molecule has 11 nitrogen and oxygen atoms in total. The molecule has 4 heterocycles. The van der Waals surface area contributed by atoms with Crippen LogP contribution in [0.25, 0.3) is 11.5 Å². The maximum atomic E-state index is 14.7. The molecular formula is C33H37FN6O5. The minimum absolute atomic E-state index is 0.0876. The first-order chi connectivity index (χ1) is 21.3. The number of H-pyrrole nitrogens is 1. The van der Waals surface area contributed by atoms with Crippen LogP contribution >= 0.6 is 0 Å². The second-order valence-electron chi connectivity index (χ2n) is 13.0. The molecular weight excluding hydrogens is 579 g/mol. The number of hydrogen-bond donors (Lipinski definition) is 1. The number of carbonyl (C=O) groups is 2. The second-order valence-corrected chi connectivity index (χ2v) is 13.0. The van der Waals surface area contributed by atoms with Crippen LogP contribution in [-0.4, -0.2) is 66.6 Å². The van der Waals surface area contributed by atoms with Crippen LogP contribution in [0.1, 0.15) is 61.7 Å². The smallest absolute Gasteiger partial charge is 0.410 e. The maximum Gasteiger partial charge on any atom is 0.410 e. The summed E-state index contributed by atoms with van der Waals surface area (Å²) in [5, 5.41) is 5.07. The average molecular weight is 617 g/mol. The number of ether oxygens (including phenoxy) is 2. The van der Waals surface area contributed by atoms with E-state index in [1.165, 1.54) is 10.8 Å². The zero-order valence-electron chi connectivity index (χ0n) is 26.3. The van der Waals surface area contributed by atoms with Gasteiger partial charge in [-0.05, 0) is 70.4 Å². The van der Waals surface area contributed by atoms with Gasteiger partial charge in [-0.25, -0.2) is 23.5 Å². The quantitative estimate of drug-likeness (QED) is 0.333. The van der Waals surface area contributed by atoms with Gasteiger partial charge in [0.1, 0.15) is 23.8 Å². The fourth-order valence-electron chi connectivity index (χ4n) is 6.25. The lowest BCUT2D eigenvalue weighted by molar-refractivity contribution is -0.0267. The van der Waals surface area contributed by atoms with Crippen molar-refractivity contribution in [3.05, 3.63) is 99.1 Å². The topological polar surface area (TPSA) is 115 Å². The van der Waals surface area contributed by atoms with E-state index in [2.05, 4.69) is 4.98 Å². The second kappa shape index (κ2) is 10.9. The monoisotopic (exact) mass is 616 g/mol. The van der Waals surface area contributed by atoms with Gasteiger partial charge in [-0.15, -0.1) is 0 Å². The van der Waals surface area contributed by atoms with E-state index in [9.17, 15) is 18.8 Å². The number of likely N-dealkylation sites (tertiary alicyclic amines) is 1. The van der Waals surface area contributed by atoms with Gasteiger partial charge in [0.05, 0.1) is 22.8 Å². The van der Waals surface area contributed by atoms with Crippen LogP contribution in [-0.2, 0) is 21.5 Å². The van der Waals surface area contributed by atoms with E-state index in [4.69, 9.17) is 14.6 Å². The zero-order chi connectivity index (χ0) is 32.3. The Kier molecular flexibility index (Phi) is 7.33.